The van der Waals surface area contributed by atoms with E-state index in [9.17, 15) is 8.78 Å². The van der Waals surface area contributed by atoms with Gasteiger partial charge in [-0.05, 0) is 18.1 Å². The van der Waals surface area contributed by atoms with Crippen molar-refractivity contribution in [2.45, 2.75) is 26.2 Å². The second kappa shape index (κ2) is 4.77. The van der Waals surface area contributed by atoms with Crippen molar-refractivity contribution in [2.24, 2.45) is 5.92 Å². The molecule has 4 nitrogen and oxygen atoms in total. The molecule has 110 valence electrons. The molecule has 0 saturated carbocycles. The summed E-state index contributed by atoms with van der Waals surface area (Å²) >= 11 is 0. The van der Waals surface area contributed by atoms with Crippen LogP contribution in [0.3, 0.4) is 0 Å². The van der Waals surface area contributed by atoms with Gasteiger partial charge in [-0.3, -0.25) is 0 Å². The fourth-order valence-corrected chi connectivity index (χ4v) is 2.76. The molecule has 0 amide bonds. The van der Waals surface area contributed by atoms with Crippen LogP contribution in [0.15, 0.2) is 18.2 Å². The van der Waals surface area contributed by atoms with Gasteiger partial charge in [0, 0.05) is 37.4 Å². The van der Waals surface area contributed by atoms with Crippen LogP contribution in [-0.2, 0) is 0 Å². The van der Waals surface area contributed by atoms with Crippen molar-refractivity contribution in [3.8, 4) is 11.5 Å². The lowest BCUT2D eigenvalue weighted by molar-refractivity contribution is -0.286. The lowest BCUT2D eigenvalue weighted by atomic mass is 9.99. The first-order chi connectivity index (χ1) is 9.46. The number of hydrogen-bond donors (Lipinski definition) is 1. The van der Waals surface area contributed by atoms with Crippen LogP contribution >= 0.6 is 0 Å². The molecule has 2 aliphatic rings. The third-order valence-corrected chi connectivity index (χ3v) is 3.77. The van der Waals surface area contributed by atoms with Crippen molar-refractivity contribution >= 4 is 5.69 Å². The summed E-state index contributed by atoms with van der Waals surface area (Å²) in [6.45, 7) is 6.94. The maximum atomic E-state index is 13.0. The first-order valence-electron chi connectivity index (χ1n) is 6.83. The van der Waals surface area contributed by atoms with E-state index in [1.54, 1.807) is 12.1 Å². The second-order valence-electron chi connectivity index (χ2n) is 5.51. The quantitative estimate of drug-likeness (QED) is 0.904. The maximum Gasteiger partial charge on any atom is 0.586 e. The molecule has 3 rings (SSSR count). The van der Waals surface area contributed by atoms with Gasteiger partial charge in [-0.25, -0.2) is 0 Å². The summed E-state index contributed by atoms with van der Waals surface area (Å²) in [5, 5.41) is 3.36. The summed E-state index contributed by atoms with van der Waals surface area (Å²) in [5.74, 6) is 0.665. The molecule has 0 spiro atoms. The average molecular weight is 284 g/mol. The molecule has 1 fully saturated rings. The molecule has 1 N–H and O–H groups in total. The predicted octanol–water partition coefficient (Wildman–Crippen LogP) is 2.44. The molecule has 1 aromatic rings. The van der Waals surface area contributed by atoms with Gasteiger partial charge in [-0.15, -0.1) is 8.78 Å². The summed E-state index contributed by atoms with van der Waals surface area (Å²) in [6.07, 6.45) is -3.55. The number of nitrogens with one attached hydrogen (secondary N) is 1. The fourth-order valence-electron chi connectivity index (χ4n) is 2.76. The molecule has 1 aromatic carbocycles. The van der Waals surface area contributed by atoms with Gasteiger partial charge >= 0.3 is 6.29 Å². The van der Waals surface area contributed by atoms with Crippen LogP contribution in [0.5, 0.6) is 11.5 Å². The van der Waals surface area contributed by atoms with Crippen LogP contribution in [0, 0.1) is 5.92 Å². The molecule has 1 saturated heterocycles. The Hall–Kier alpha value is -1.56. The number of anilines is 1. The molecule has 1 atom stereocenters. The van der Waals surface area contributed by atoms with Gasteiger partial charge in [0.05, 0.1) is 0 Å². The fraction of sp³-hybridized carbons (Fsp3) is 0.571. The van der Waals surface area contributed by atoms with Crippen LogP contribution in [-0.4, -0.2) is 32.0 Å². The predicted molar refractivity (Wildman–Crippen MR) is 71.5 cm³/mol. The van der Waals surface area contributed by atoms with Crippen molar-refractivity contribution in [2.75, 3.05) is 24.5 Å². The number of rotatable bonds is 2. The number of benzene rings is 1. The van der Waals surface area contributed by atoms with E-state index in [-0.39, 0.29) is 11.5 Å². The highest BCUT2D eigenvalue weighted by molar-refractivity contribution is 5.58. The number of nitrogens with zero attached hydrogens (tertiary/aromatic N) is 1. The monoisotopic (exact) mass is 284 g/mol. The second-order valence-corrected chi connectivity index (χ2v) is 5.51. The van der Waals surface area contributed by atoms with Crippen molar-refractivity contribution in [3.63, 3.8) is 0 Å². The van der Waals surface area contributed by atoms with E-state index in [1.165, 1.54) is 0 Å². The molecule has 0 bridgehead atoms. The van der Waals surface area contributed by atoms with Crippen LogP contribution < -0.4 is 19.7 Å². The van der Waals surface area contributed by atoms with E-state index in [2.05, 4.69) is 33.5 Å². The maximum absolute atomic E-state index is 13.0. The van der Waals surface area contributed by atoms with Crippen LogP contribution in [0.2, 0.25) is 0 Å². The summed E-state index contributed by atoms with van der Waals surface area (Å²) in [6, 6.07) is 5.33. The molecule has 0 aliphatic carbocycles. The summed E-state index contributed by atoms with van der Waals surface area (Å²) < 4.78 is 35.0. The summed E-state index contributed by atoms with van der Waals surface area (Å²) in [4.78, 5) is 2.24. The molecule has 0 radical (unpaired) electrons. The van der Waals surface area contributed by atoms with E-state index >= 15 is 0 Å². The van der Waals surface area contributed by atoms with E-state index < -0.39 is 6.29 Å². The van der Waals surface area contributed by atoms with Crippen molar-refractivity contribution in [1.29, 1.82) is 0 Å². The van der Waals surface area contributed by atoms with Gasteiger partial charge < -0.3 is 19.7 Å². The molecule has 1 unspecified atom stereocenters. The Balaban J connectivity index is 1.88. The summed E-state index contributed by atoms with van der Waals surface area (Å²) in [7, 11) is 0. The van der Waals surface area contributed by atoms with E-state index in [4.69, 9.17) is 0 Å². The zero-order valence-electron chi connectivity index (χ0n) is 11.5. The molecule has 2 heterocycles. The minimum absolute atomic E-state index is 0.0926. The SMILES string of the molecule is CC(C)C1CNCCN1c1ccc2c(c1)OC(F)(F)O2. The number of fused-ring (bicyclic) bond motifs is 1. The number of ether oxygens (including phenoxy) is 2. The first kappa shape index (κ1) is 13.4. The lowest BCUT2D eigenvalue weighted by Gasteiger charge is -2.40. The van der Waals surface area contributed by atoms with Crippen molar-refractivity contribution < 1.29 is 18.3 Å². The standard InChI is InChI=1S/C14H18F2N2O2/c1-9(2)11-8-17-5-6-18(11)10-3-4-12-13(7-10)20-14(15,16)19-12/h3-4,7,9,11,17H,5-6,8H2,1-2H3. The van der Waals surface area contributed by atoms with Crippen LogP contribution in [0.4, 0.5) is 14.5 Å². The third kappa shape index (κ3) is 2.40. The Morgan fingerprint density at radius 3 is 2.80 bits per heavy atom. The Morgan fingerprint density at radius 2 is 2.05 bits per heavy atom. The van der Waals surface area contributed by atoms with Gasteiger partial charge in [0.15, 0.2) is 11.5 Å². The Labute approximate surface area is 116 Å². The van der Waals surface area contributed by atoms with E-state index in [0.29, 0.717) is 12.0 Å². The minimum atomic E-state index is -3.55. The zero-order chi connectivity index (χ0) is 14.3. The van der Waals surface area contributed by atoms with Crippen molar-refractivity contribution in [3.05, 3.63) is 18.2 Å². The molecule has 0 aromatic heterocycles. The largest absolute Gasteiger partial charge is 0.586 e. The summed E-state index contributed by atoms with van der Waals surface area (Å²) in [5.41, 5.74) is 0.894. The zero-order valence-corrected chi connectivity index (χ0v) is 11.5. The molecule has 20 heavy (non-hydrogen) atoms. The normalized spacial score (nSPS) is 24.2. The Morgan fingerprint density at radius 1 is 1.30 bits per heavy atom. The molecule has 2 aliphatic heterocycles. The van der Waals surface area contributed by atoms with Gasteiger partial charge in [0.1, 0.15) is 0 Å². The van der Waals surface area contributed by atoms with Crippen molar-refractivity contribution in [1.82, 2.24) is 5.32 Å². The molecular weight excluding hydrogens is 266 g/mol. The number of piperazine rings is 1. The first-order valence-corrected chi connectivity index (χ1v) is 6.83. The minimum Gasteiger partial charge on any atom is -0.395 e. The number of halogens is 2. The smallest absolute Gasteiger partial charge is 0.395 e. The highest BCUT2D eigenvalue weighted by Crippen LogP contribution is 2.43. The highest BCUT2D eigenvalue weighted by Gasteiger charge is 2.43. The van der Waals surface area contributed by atoms with Crippen LogP contribution in [0.1, 0.15) is 13.8 Å². The molecular formula is C14H18F2N2O2. The van der Waals surface area contributed by atoms with Gasteiger partial charge in [-0.1, -0.05) is 13.8 Å². The Kier molecular flexibility index (Phi) is 3.20. The molecule has 6 heteroatoms. The highest BCUT2D eigenvalue weighted by atomic mass is 19.3. The lowest BCUT2D eigenvalue weighted by Crippen LogP contribution is -2.53. The van der Waals surface area contributed by atoms with Crippen LogP contribution in [0.25, 0.3) is 0 Å². The van der Waals surface area contributed by atoms with E-state index in [0.717, 1.165) is 25.3 Å². The third-order valence-electron chi connectivity index (χ3n) is 3.77. The Bertz CT molecular complexity index is 508. The average Bonchev–Trinajstić information content (AvgIpc) is 2.71. The van der Waals surface area contributed by atoms with Gasteiger partial charge in [0.2, 0.25) is 0 Å². The van der Waals surface area contributed by atoms with Gasteiger partial charge in [-0.2, -0.15) is 0 Å². The number of alkyl halides is 2. The van der Waals surface area contributed by atoms with E-state index in [1.807, 2.05) is 6.07 Å². The van der Waals surface area contributed by atoms with Gasteiger partial charge in [0.25, 0.3) is 0 Å². The number of hydrogen-bond acceptors (Lipinski definition) is 4. The topological polar surface area (TPSA) is 33.7 Å².